The normalized spacial score (nSPS) is 10.1. The van der Waals surface area contributed by atoms with E-state index >= 15 is 0 Å². The third-order valence-corrected chi connectivity index (χ3v) is 2.60. The molecule has 1 amide bonds. The molecule has 5 heteroatoms. The summed E-state index contributed by atoms with van der Waals surface area (Å²) < 4.78 is 0. The molecule has 0 saturated heterocycles. The lowest BCUT2D eigenvalue weighted by Crippen LogP contribution is -2.30. The summed E-state index contributed by atoms with van der Waals surface area (Å²) in [5, 5.41) is 12.5. The van der Waals surface area contributed by atoms with Crippen LogP contribution in [0.2, 0.25) is 5.02 Å². The Labute approximate surface area is 106 Å². The Balaban J connectivity index is 3.01. The smallest absolute Gasteiger partial charge is 0.255 e. The van der Waals surface area contributed by atoms with Crippen LogP contribution < -0.4 is 5.32 Å². The average Bonchev–Trinajstić information content (AvgIpc) is 2.31. The number of anilines is 1. The number of rotatable bonds is 5. The van der Waals surface area contributed by atoms with Gasteiger partial charge in [0.05, 0.1) is 12.2 Å². The summed E-state index contributed by atoms with van der Waals surface area (Å²) in [5.41, 5.74) is 1.28. The zero-order chi connectivity index (χ0) is 12.8. The van der Waals surface area contributed by atoms with Gasteiger partial charge in [0.1, 0.15) is 0 Å². The maximum atomic E-state index is 12.1. The fourth-order valence-corrected chi connectivity index (χ4v) is 1.67. The van der Waals surface area contributed by atoms with Crippen LogP contribution in [0.1, 0.15) is 17.3 Å². The van der Waals surface area contributed by atoms with Crippen LogP contribution in [-0.4, -0.2) is 42.7 Å². The Morgan fingerprint density at radius 1 is 1.53 bits per heavy atom. The first-order valence-corrected chi connectivity index (χ1v) is 5.87. The first-order chi connectivity index (χ1) is 8.10. The molecule has 0 radical (unpaired) electrons. The molecule has 0 unspecified atom stereocenters. The Morgan fingerprint density at radius 2 is 2.24 bits per heavy atom. The largest absolute Gasteiger partial charge is 0.395 e. The van der Waals surface area contributed by atoms with Crippen molar-refractivity contribution in [3.05, 3.63) is 28.8 Å². The fraction of sp³-hybridized carbons (Fsp3) is 0.417. The first kappa shape index (κ1) is 13.8. The van der Waals surface area contributed by atoms with Crippen LogP contribution in [0.15, 0.2) is 18.2 Å². The van der Waals surface area contributed by atoms with E-state index in [-0.39, 0.29) is 12.5 Å². The van der Waals surface area contributed by atoms with Crippen molar-refractivity contribution in [2.24, 2.45) is 0 Å². The van der Waals surface area contributed by atoms with Crippen molar-refractivity contribution in [3.8, 4) is 0 Å². The van der Waals surface area contributed by atoms with E-state index in [1.165, 1.54) is 4.90 Å². The molecule has 1 rings (SSSR count). The molecule has 4 nitrogen and oxygen atoms in total. The summed E-state index contributed by atoms with van der Waals surface area (Å²) in [5.74, 6) is -0.155. The molecule has 0 aromatic heterocycles. The summed E-state index contributed by atoms with van der Waals surface area (Å²) in [7, 11) is 1.65. The number of aliphatic hydroxyl groups is 1. The van der Waals surface area contributed by atoms with Crippen LogP contribution in [0.3, 0.4) is 0 Å². The molecule has 0 aliphatic heterocycles. The minimum atomic E-state index is -0.155. The third-order valence-electron chi connectivity index (χ3n) is 2.36. The van der Waals surface area contributed by atoms with E-state index < -0.39 is 0 Å². The van der Waals surface area contributed by atoms with Gasteiger partial charge >= 0.3 is 0 Å². The molecule has 1 aromatic carbocycles. The Morgan fingerprint density at radius 3 is 2.82 bits per heavy atom. The number of aliphatic hydroxyl groups excluding tert-OH is 1. The molecule has 0 heterocycles. The van der Waals surface area contributed by atoms with Gasteiger partial charge in [0.2, 0.25) is 0 Å². The number of halogens is 1. The number of hydrogen-bond donors (Lipinski definition) is 2. The minimum absolute atomic E-state index is 0.0562. The number of nitrogens with zero attached hydrogens (tertiary/aromatic N) is 1. The predicted molar refractivity (Wildman–Crippen MR) is 69.7 cm³/mol. The highest BCUT2D eigenvalue weighted by molar-refractivity contribution is 6.31. The van der Waals surface area contributed by atoms with E-state index in [4.69, 9.17) is 16.7 Å². The second-order valence-electron chi connectivity index (χ2n) is 3.67. The Bertz CT molecular complexity index is 396. The van der Waals surface area contributed by atoms with Gasteiger partial charge in [-0.25, -0.2) is 0 Å². The van der Waals surface area contributed by atoms with Crippen molar-refractivity contribution in [3.63, 3.8) is 0 Å². The molecule has 0 aliphatic carbocycles. The molecule has 2 N–H and O–H groups in total. The first-order valence-electron chi connectivity index (χ1n) is 5.50. The van der Waals surface area contributed by atoms with E-state index in [0.29, 0.717) is 17.1 Å². The van der Waals surface area contributed by atoms with Crippen molar-refractivity contribution in [1.29, 1.82) is 0 Å². The molecule has 1 aromatic rings. The Kier molecular flexibility index (Phi) is 5.25. The van der Waals surface area contributed by atoms with Crippen LogP contribution in [0.25, 0.3) is 0 Å². The van der Waals surface area contributed by atoms with Crippen LogP contribution in [-0.2, 0) is 0 Å². The molecular formula is C12H17ClN2O2. The molecule has 0 bridgehead atoms. The third kappa shape index (κ3) is 3.61. The fourth-order valence-electron chi connectivity index (χ4n) is 1.50. The summed E-state index contributed by atoms with van der Waals surface area (Å²) in [6.07, 6.45) is 0. The number of carbonyl (C=O) groups excluding carboxylic acids is 1. The topological polar surface area (TPSA) is 52.6 Å². The highest BCUT2D eigenvalue weighted by Gasteiger charge is 2.15. The summed E-state index contributed by atoms with van der Waals surface area (Å²) in [6, 6.07) is 5.16. The molecule has 0 aliphatic rings. The van der Waals surface area contributed by atoms with Gasteiger partial charge < -0.3 is 15.3 Å². The van der Waals surface area contributed by atoms with Gasteiger partial charge in [-0.3, -0.25) is 4.79 Å². The highest BCUT2D eigenvalue weighted by atomic mass is 35.5. The SMILES string of the molecule is CCNc1ccc(Cl)cc1C(=O)N(C)CCO. The van der Waals surface area contributed by atoms with Gasteiger partial charge in [-0.05, 0) is 25.1 Å². The number of benzene rings is 1. The molecule has 0 atom stereocenters. The number of likely N-dealkylation sites (N-methyl/N-ethyl adjacent to an activating group) is 1. The van der Waals surface area contributed by atoms with E-state index in [0.717, 1.165) is 12.2 Å². The zero-order valence-corrected chi connectivity index (χ0v) is 10.8. The van der Waals surface area contributed by atoms with Crippen molar-refractivity contribution in [2.75, 3.05) is 32.1 Å². The molecule has 17 heavy (non-hydrogen) atoms. The summed E-state index contributed by atoms with van der Waals surface area (Å²) >= 11 is 5.89. The molecular weight excluding hydrogens is 240 g/mol. The van der Waals surface area contributed by atoms with Gasteiger partial charge in [-0.2, -0.15) is 0 Å². The highest BCUT2D eigenvalue weighted by Crippen LogP contribution is 2.21. The van der Waals surface area contributed by atoms with Crippen molar-refractivity contribution >= 4 is 23.2 Å². The quantitative estimate of drug-likeness (QED) is 0.845. The lowest BCUT2D eigenvalue weighted by Gasteiger charge is -2.18. The summed E-state index contributed by atoms with van der Waals surface area (Å²) in [4.78, 5) is 13.6. The van der Waals surface area contributed by atoms with Crippen LogP contribution in [0.5, 0.6) is 0 Å². The second-order valence-corrected chi connectivity index (χ2v) is 4.11. The summed E-state index contributed by atoms with van der Waals surface area (Å²) in [6.45, 7) is 2.93. The predicted octanol–water partition coefficient (Wildman–Crippen LogP) is 1.84. The number of carbonyl (C=O) groups is 1. The van der Waals surface area contributed by atoms with Gasteiger partial charge in [0, 0.05) is 30.8 Å². The van der Waals surface area contributed by atoms with Crippen LogP contribution in [0.4, 0.5) is 5.69 Å². The van der Waals surface area contributed by atoms with Gasteiger partial charge in [0.15, 0.2) is 0 Å². The van der Waals surface area contributed by atoms with Crippen molar-refractivity contribution in [2.45, 2.75) is 6.92 Å². The van der Waals surface area contributed by atoms with E-state index in [1.54, 1.807) is 25.2 Å². The lowest BCUT2D eigenvalue weighted by molar-refractivity contribution is 0.0768. The maximum absolute atomic E-state index is 12.1. The maximum Gasteiger partial charge on any atom is 0.255 e. The molecule has 0 saturated carbocycles. The Hall–Kier alpha value is -1.26. The van der Waals surface area contributed by atoms with Gasteiger partial charge in [-0.15, -0.1) is 0 Å². The van der Waals surface area contributed by atoms with Crippen molar-refractivity contribution < 1.29 is 9.90 Å². The standard InChI is InChI=1S/C12H17ClN2O2/c1-3-14-11-5-4-9(13)8-10(11)12(17)15(2)6-7-16/h4-5,8,14,16H,3,6-7H2,1-2H3. The van der Waals surface area contributed by atoms with E-state index in [9.17, 15) is 4.79 Å². The number of amides is 1. The molecule has 0 fully saturated rings. The van der Waals surface area contributed by atoms with Gasteiger partial charge in [-0.1, -0.05) is 11.6 Å². The monoisotopic (exact) mass is 256 g/mol. The van der Waals surface area contributed by atoms with Crippen molar-refractivity contribution in [1.82, 2.24) is 4.90 Å². The van der Waals surface area contributed by atoms with E-state index in [2.05, 4.69) is 5.32 Å². The van der Waals surface area contributed by atoms with Gasteiger partial charge in [0.25, 0.3) is 5.91 Å². The minimum Gasteiger partial charge on any atom is -0.395 e. The number of hydrogen-bond acceptors (Lipinski definition) is 3. The zero-order valence-electron chi connectivity index (χ0n) is 10.0. The number of nitrogens with one attached hydrogen (secondary N) is 1. The van der Waals surface area contributed by atoms with Crippen LogP contribution in [0, 0.1) is 0 Å². The lowest BCUT2D eigenvalue weighted by atomic mass is 10.1. The molecule has 94 valence electrons. The second kappa shape index (κ2) is 6.47. The van der Waals surface area contributed by atoms with E-state index in [1.807, 2.05) is 6.92 Å². The molecule has 0 spiro atoms. The van der Waals surface area contributed by atoms with Crippen LogP contribution >= 0.6 is 11.6 Å². The average molecular weight is 257 g/mol.